The van der Waals surface area contributed by atoms with Crippen molar-refractivity contribution in [3.8, 4) is 29.7 Å². The lowest BCUT2D eigenvalue weighted by Crippen LogP contribution is -2.39. The van der Waals surface area contributed by atoms with Gasteiger partial charge in [0.05, 0.1) is 40.8 Å². The first-order chi connectivity index (χ1) is 17.5. The molecule has 2 atom stereocenters. The zero-order chi connectivity index (χ0) is 25.3. The molecule has 1 aliphatic heterocycles. The van der Waals surface area contributed by atoms with E-state index in [0.717, 1.165) is 36.4 Å². The molecular weight excluding hydrogens is 478 g/mol. The van der Waals surface area contributed by atoms with E-state index in [2.05, 4.69) is 10.8 Å². The van der Waals surface area contributed by atoms with Gasteiger partial charge in [-0.1, -0.05) is 47.9 Å². The summed E-state index contributed by atoms with van der Waals surface area (Å²) in [6.07, 6.45) is 6.71. The number of para-hydroxylation sites is 2. The maximum Gasteiger partial charge on any atom is 0.227 e. The van der Waals surface area contributed by atoms with Gasteiger partial charge in [-0.15, -0.1) is 6.42 Å². The van der Waals surface area contributed by atoms with Crippen LogP contribution >= 0.6 is 11.6 Å². The molecule has 190 valence electrons. The number of hydrogen-bond donors (Lipinski definition) is 1. The molecule has 1 aliphatic rings. The van der Waals surface area contributed by atoms with Crippen LogP contribution in [0, 0.1) is 19.3 Å². The first-order valence-electron chi connectivity index (χ1n) is 12.1. The third-order valence-electron chi connectivity index (χ3n) is 6.01. The number of benzene rings is 2. The van der Waals surface area contributed by atoms with Gasteiger partial charge in [0.1, 0.15) is 12.4 Å². The van der Waals surface area contributed by atoms with E-state index < -0.39 is 6.10 Å². The minimum Gasteiger partial charge on any atom is -0.437 e. The molecule has 3 aromatic rings. The molecule has 0 aliphatic carbocycles. The van der Waals surface area contributed by atoms with E-state index in [0.29, 0.717) is 36.3 Å². The van der Waals surface area contributed by atoms with Crippen molar-refractivity contribution in [3.63, 3.8) is 0 Å². The lowest BCUT2D eigenvalue weighted by Gasteiger charge is -2.27. The van der Waals surface area contributed by atoms with E-state index in [1.807, 2.05) is 55.5 Å². The van der Waals surface area contributed by atoms with Gasteiger partial charge >= 0.3 is 0 Å². The number of aryl methyl sites for hydroxylation is 1. The van der Waals surface area contributed by atoms with Crippen LogP contribution in [-0.2, 0) is 16.0 Å². The summed E-state index contributed by atoms with van der Waals surface area (Å²) in [4.78, 5) is 2.17. The third-order valence-corrected chi connectivity index (χ3v) is 6.33. The van der Waals surface area contributed by atoms with Gasteiger partial charge in [-0.3, -0.25) is 4.90 Å². The molecule has 2 aromatic carbocycles. The Bertz CT molecular complexity index is 1160. The summed E-state index contributed by atoms with van der Waals surface area (Å²) in [7, 11) is 0. The fourth-order valence-electron chi connectivity index (χ4n) is 4.31. The topological polar surface area (TPSA) is 69.0 Å². The normalized spacial score (nSPS) is 16.2. The molecule has 1 saturated heterocycles. The molecule has 0 amide bonds. The summed E-state index contributed by atoms with van der Waals surface area (Å²) in [5.74, 6) is 3.56. The van der Waals surface area contributed by atoms with Crippen molar-refractivity contribution in [3.05, 3.63) is 70.9 Å². The highest BCUT2D eigenvalue weighted by atomic mass is 35.5. The second-order valence-electron chi connectivity index (χ2n) is 8.85. The number of rotatable bonds is 12. The minimum absolute atomic E-state index is 0.112. The molecule has 1 fully saturated rings. The van der Waals surface area contributed by atoms with Crippen molar-refractivity contribution in [2.45, 2.75) is 38.5 Å². The monoisotopic (exact) mass is 509 g/mol. The zero-order valence-electron chi connectivity index (χ0n) is 20.5. The van der Waals surface area contributed by atoms with Gasteiger partial charge in [0.2, 0.25) is 5.88 Å². The molecule has 1 N–H and O–H groups in total. The summed E-state index contributed by atoms with van der Waals surface area (Å²) >= 11 is 6.44. The average molecular weight is 510 g/mol. The van der Waals surface area contributed by atoms with E-state index in [1.165, 1.54) is 0 Å². The Morgan fingerprint density at radius 1 is 1.25 bits per heavy atom. The molecule has 2 heterocycles. The Morgan fingerprint density at radius 3 is 2.75 bits per heavy atom. The minimum atomic E-state index is -0.697. The SMILES string of the molecule is C#CCOC[C@@H](O)CN(Cc1c(C)nn(-c2ccccc2)c1Oc1ccccc1Cl)C[C@@H]1CCCO1. The highest BCUT2D eigenvalue weighted by Crippen LogP contribution is 2.35. The molecule has 8 heteroatoms. The number of halogens is 1. The third kappa shape index (κ3) is 6.88. The molecule has 1 aromatic heterocycles. The second-order valence-corrected chi connectivity index (χ2v) is 9.26. The van der Waals surface area contributed by atoms with E-state index in [-0.39, 0.29) is 19.3 Å². The lowest BCUT2D eigenvalue weighted by molar-refractivity contribution is 0.00935. The zero-order valence-corrected chi connectivity index (χ0v) is 21.2. The first-order valence-corrected chi connectivity index (χ1v) is 12.5. The standard InChI is InChI=1S/C28H32ClN3O4/c1-3-15-34-20-23(33)17-31(18-24-12-9-16-35-24)19-25-21(2)30-32(22-10-5-4-6-11-22)28(25)36-27-14-8-7-13-26(27)29/h1,4-8,10-11,13-14,23-24,33H,9,12,15-20H2,2H3/t23-,24-/m0/s1. The number of aliphatic hydroxyl groups excluding tert-OH is 1. The molecule has 0 saturated carbocycles. The van der Waals surface area contributed by atoms with Crippen LogP contribution < -0.4 is 4.74 Å². The molecule has 0 unspecified atom stereocenters. The van der Waals surface area contributed by atoms with Gasteiger partial charge in [0.15, 0.2) is 0 Å². The number of terminal acetylenes is 1. The predicted octanol–water partition coefficient (Wildman–Crippen LogP) is 4.62. The molecule has 4 rings (SSSR count). The number of aromatic nitrogens is 2. The Balaban J connectivity index is 1.65. The molecule has 36 heavy (non-hydrogen) atoms. The quantitative estimate of drug-likeness (QED) is 0.284. The summed E-state index contributed by atoms with van der Waals surface area (Å²) in [5, 5.41) is 16.0. The highest BCUT2D eigenvalue weighted by molar-refractivity contribution is 6.32. The Hall–Kier alpha value is -2.86. The molecule has 0 spiro atoms. The van der Waals surface area contributed by atoms with Crippen molar-refractivity contribution >= 4 is 11.6 Å². The van der Waals surface area contributed by atoms with E-state index >= 15 is 0 Å². The summed E-state index contributed by atoms with van der Waals surface area (Å²) in [6, 6.07) is 17.2. The van der Waals surface area contributed by atoms with Crippen molar-refractivity contribution in [1.82, 2.24) is 14.7 Å². The average Bonchev–Trinajstić information content (AvgIpc) is 3.49. The lowest BCUT2D eigenvalue weighted by atomic mass is 10.1. The van der Waals surface area contributed by atoms with Crippen LogP contribution in [0.3, 0.4) is 0 Å². The predicted molar refractivity (Wildman–Crippen MR) is 140 cm³/mol. The Kier molecular flexibility index (Phi) is 9.40. The van der Waals surface area contributed by atoms with Crippen LogP contribution in [-0.4, -0.2) is 64.9 Å². The van der Waals surface area contributed by atoms with Crippen LogP contribution in [0.15, 0.2) is 54.6 Å². The highest BCUT2D eigenvalue weighted by Gasteiger charge is 2.26. The largest absolute Gasteiger partial charge is 0.437 e. The van der Waals surface area contributed by atoms with Crippen molar-refractivity contribution in [1.29, 1.82) is 0 Å². The van der Waals surface area contributed by atoms with E-state index in [9.17, 15) is 5.11 Å². The van der Waals surface area contributed by atoms with Crippen molar-refractivity contribution in [2.24, 2.45) is 0 Å². The molecular formula is C28H32ClN3O4. The second kappa shape index (κ2) is 12.9. The summed E-state index contributed by atoms with van der Waals surface area (Å²) in [6.45, 7) is 4.63. The van der Waals surface area contributed by atoms with Crippen LogP contribution in [0.25, 0.3) is 5.69 Å². The van der Waals surface area contributed by atoms with Crippen molar-refractivity contribution < 1.29 is 19.3 Å². The van der Waals surface area contributed by atoms with Crippen molar-refractivity contribution in [2.75, 3.05) is 32.9 Å². The summed E-state index contributed by atoms with van der Waals surface area (Å²) < 4.78 is 19.5. The fourth-order valence-corrected chi connectivity index (χ4v) is 4.48. The van der Waals surface area contributed by atoms with E-state index in [1.54, 1.807) is 10.7 Å². The van der Waals surface area contributed by atoms with Crippen LogP contribution in [0.4, 0.5) is 0 Å². The van der Waals surface area contributed by atoms with Gasteiger partial charge < -0.3 is 19.3 Å². The number of hydrogen-bond acceptors (Lipinski definition) is 6. The van der Waals surface area contributed by atoms with Gasteiger partial charge in [0, 0.05) is 26.2 Å². The van der Waals surface area contributed by atoms with Gasteiger partial charge in [0.25, 0.3) is 0 Å². The van der Waals surface area contributed by atoms with Crippen LogP contribution in [0.5, 0.6) is 11.6 Å². The van der Waals surface area contributed by atoms with Gasteiger partial charge in [-0.25, -0.2) is 4.68 Å². The Labute approximate surface area is 217 Å². The van der Waals surface area contributed by atoms with Gasteiger partial charge in [-0.2, -0.15) is 5.10 Å². The van der Waals surface area contributed by atoms with Gasteiger partial charge in [-0.05, 0) is 44.0 Å². The summed E-state index contributed by atoms with van der Waals surface area (Å²) in [5.41, 5.74) is 2.62. The smallest absolute Gasteiger partial charge is 0.227 e. The molecule has 0 radical (unpaired) electrons. The van der Waals surface area contributed by atoms with E-state index in [4.69, 9.17) is 37.3 Å². The maximum absolute atomic E-state index is 10.6. The fraction of sp³-hybridized carbons (Fsp3) is 0.393. The number of nitrogens with zero attached hydrogens (tertiary/aromatic N) is 3. The van der Waals surface area contributed by atoms with Crippen LogP contribution in [0.1, 0.15) is 24.1 Å². The molecule has 0 bridgehead atoms. The molecule has 7 nitrogen and oxygen atoms in total. The maximum atomic E-state index is 10.6. The first kappa shape index (κ1) is 26.2. The Morgan fingerprint density at radius 2 is 2.03 bits per heavy atom. The number of ether oxygens (including phenoxy) is 3. The number of aliphatic hydroxyl groups is 1. The van der Waals surface area contributed by atoms with Crippen LogP contribution in [0.2, 0.25) is 5.02 Å².